The second-order valence-corrected chi connectivity index (χ2v) is 18.1. The molecule has 0 saturated heterocycles. The third-order valence-electron chi connectivity index (χ3n) is 14.6. The first-order valence-electron chi connectivity index (χ1n) is 23.2. The Bertz CT molecular complexity index is 3930. The van der Waals surface area contributed by atoms with Gasteiger partial charge in [0.1, 0.15) is 40.8 Å². The van der Waals surface area contributed by atoms with Crippen molar-refractivity contribution in [2.45, 2.75) is 17.7 Å². The summed E-state index contributed by atoms with van der Waals surface area (Å²) < 4.78 is 15.6. The second-order valence-electron chi connectivity index (χ2n) is 18.1. The predicted octanol–water partition coefficient (Wildman–Crippen LogP) is 14.1. The van der Waals surface area contributed by atoms with Crippen LogP contribution in [-0.4, -0.2) is 16.6 Å². The highest BCUT2D eigenvalue weighted by Gasteiger charge is 2.51. The van der Waals surface area contributed by atoms with Crippen LogP contribution < -0.4 is 15.4 Å². The molecule has 2 aromatic heterocycles. The Kier molecular flexibility index (Phi) is 7.77. The maximum Gasteiger partial charge on any atom is 0.135 e. The Hall–Kier alpha value is -8.78. The Morgan fingerprint density at radius 3 is 2.06 bits per heavy atom. The van der Waals surface area contributed by atoms with Gasteiger partial charge in [0.2, 0.25) is 0 Å². The first-order valence-corrected chi connectivity index (χ1v) is 23.2. The summed E-state index contributed by atoms with van der Waals surface area (Å²) in [5.74, 6) is 2.60. The summed E-state index contributed by atoms with van der Waals surface area (Å²) >= 11 is 0. The molecule has 5 heterocycles. The number of benzene rings is 9. The smallest absolute Gasteiger partial charge is 0.135 e. The lowest BCUT2D eigenvalue weighted by molar-refractivity contribution is 0.411. The number of aliphatic imine (C=N–C) groups is 2. The molecule has 1 spiro atoms. The van der Waals surface area contributed by atoms with Crippen molar-refractivity contribution in [3.8, 4) is 39.4 Å². The molecule has 0 saturated carbocycles. The molecule has 2 unspecified atom stereocenters. The van der Waals surface area contributed by atoms with Crippen molar-refractivity contribution in [2.24, 2.45) is 9.98 Å². The Balaban J connectivity index is 0.862. The maximum absolute atomic E-state index is 6.71. The van der Waals surface area contributed by atoms with Crippen LogP contribution in [0.5, 0.6) is 11.5 Å². The maximum atomic E-state index is 6.71. The number of fused-ring (bicyclic) bond motifs is 15. The summed E-state index contributed by atoms with van der Waals surface area (Å²) in [5.41, 5.74) is 18.3. The Labute approximate surface area is 391 Å². The predicted molar refractivity (Wildman–Crippen MR) is 272 cm³/mol. The lowest BCUT2D eigenvalue weighted by Gasteiger charge is -2.39. The SMILES string of the molecule is C1=Nc2c1n(-c1ccc(C3N=C(c4ccccc4)NC(c4cccc5oc6ccc(-c7cccc8c7-c7ccccc7C87c8ccccc8Oc8ccccc87)cc6c45)N3)cc1)c1ccccc21. The molecule has 9 aromatic carbocycles. The molecule has 7 nitrogen and oxygen atoms in total. The van der Waals surface area contributed by atoms with Crippen molar-refractivity contribution >= 4 is 50.6 Å². The minimum absolute atomic E-state index is 0.300. The van der Waals surface area contributed by atoms with E-state index in [1.807, 2.05) is 12.3 Å². The zero-order valence-electron chi connectivity index (χ0n) is 36.5. The average molecular weight is 874 g/mol. The van der Waals surface area contributed by atoms with Gasteiger partial charge in [0, 0.05) is 44.1 Å². The largest absolute Gasteiger partial charge is 0.457 e. The first-order chi connectivity index (χ1) is 33.7. The van der Waals surface area contributed by atoms with Gasteiger partial charge < -0.3 is 19.0 Å². The van der Waals surface area contributed by atoms with E-state index in [1.54, 1.807) is 0 Å². The molecule has 0 radical (unpaired) electrons. The molecule has 15 rings (SSSR count). The van der Waals surface area contributed by atoms with E-state index in [4.69, 9.17) is 14.1 Å². The number of furan rings is 1. The summed E-state index contributed by atoms with van der Waals surface area (Å²) in [7, 11) is 0. The van der Waals surface area contributed by atoms with Crippen molar-refractivity contribution in [1.82, 2.24) is 15.2 Å². The van der Waals surface area contributed by atoms with Gasteiger partial charge >= 0.3 is 0 Å². The van der Waals surface area contributed by atoms with E-state index in [1.165, 1.54) is 33.2 Å². The van der Waals surface area contributed by atoms with Crippen molar-refractivity contribution < 1.29 is 9.15 Å². The topological polar surface area (TPSA) is 76.1 Å². The van der Waals surface area contributed by atoms with Crippen LogP contribution in [0.15, 0.2) is 221 Å². The monoisotopic (exact) mass is 873 g/mol. The average Bonchev–Trinajstić information content (AvgIpc) is 3.99. The molecule has 1 aliphatic carbocycles. The van der Waals surface area contributed by atoms with E-state index in [9.17, 15) is 0 Å². The number of nitrogens with zero attached hydrogens (tertiary/aromatic N) is 3. The molecule has 2 atom stereocenters. The van der Waals surface area contributed by atoms with Crippen molar-refractivity contribution in [3.63, 3.8) is 0 Å². The number of nitrogens with one attached hydrogen (secondary N) is 2. The van der Waals surface area contributed by atoms with Gasteiger partial charge in [-0.05, 0) is 87.5 Å². The Morgan fingerprint density at radius 2 is 1.25 bits per heavy atom. The summed E-state index contributed by atoms with van der Waals surface area (Å²) in [5, 5.41) is 11.0. The fourth-order valence-corrected chi connectivity index (χ4v) is 11.7. The molecule has 2 N–H and O–H groups in total. The molecule has 68 heavy (non-hydrogen) atoms. The van der Waals surface area contributed by atoms with E-state index >= 15 is 0 Å². The van der Waals surface area contributed by atoms with Gasteiger partial charge in [-0.25, -0.2) is 4.99 Å². The molecule has 0 fully saturated rings. The highest BCUT2D eigenvalue weighted by Crippen LogP contribution is 2.63. The molecule has 0 amide bonds. The third kappa shape index (κ3) is 5.16. The number of aromatic nitrogens is 1. The van der Waals surface area contributed by atoms with Crippen LogP contribution in [0.25, 0.3) is 60.8 Å². The first kappa shape index (κ1) is 37.4. The van der Waals surface area contributed by atoms with E-state index in [0.29, 0.717) is 0 Å². The van der Waals surface area contributed by atoms with Crippen LogP contribution >= 0.6 is 0 Å². The van der Waals surface area contributed by atoms with Crippen molar-refractivity contribution in [2.75, 3.05) is 0 Å². The Morgan fingerprint density at radius 1 is 0.544 bits per heavy atom. The highest BCUT2D eigenvalue weighted by atomic mass is 16.5. The van der Waals surface area contributed by atoms with Gasteiger partial charge in [0.15, 0.2) is 0 Å². The fourth-order valence-electron chi connectivity index (χ4n) is 11.7. The zero-order chi connectivity index (χ0) is 44.5. The number of para-hydroxylation sites is 3. The minimum Gasteiger partial charge on any atom is -0.457 e. The molecule has 3 aliphatic heterocycles. The van der Waals surface area contributed by atoms with E-state index in [2.05, 4.69) is 220 Å². The quantitative estimate of drug-likeness (QED) is 0.181. The summed E-state index contributed by atoms with van der Waals surface area (Å²) in [6, 6.07) is 73.5. The highest BCUT2D eigenvalue weighted by molar-refractivity contribution is 6.11. The van der Waals surface area contributed by atoms with E-state index in [-0.39, 0.29) is 12.3 Å². The lowest BCUT2D eigenvalue weighted by atomic mass is 9.66. The molecule has 7 heteroatoms. The molecular weight excluding hydrogens is 835 g/mol. The molecule has 0 bridgehead atoms. The van der Waals surface area contributed by atoms with E-state index < -0.39 is 5.41 Å². The minimum atomic E-state index is -0.549. The van der Waals surface area contributed by atoms with Crippen LogP contribution in [0.4, 0.5) is 5.69 Å². The number of rotatable bonds is 5. The van der Waals surface area contributed by atoms with E-state index in [0.717, 1.165) is 95.2 Å². The third-order valence-corrected chi connectivity index (χ3v) is 14.6. The van der Waals surface area contributed by atoms with Crippen molar-refractivity contribution in [1.29, 1.82) is 0 Å². The van der Waals surface area contributed by atoms with Gasteiger partial charge in [-0.3, -0.25) is 10.3 Å². The summed E-state index contributed by atoms with van der Waals surface area (Å²) in [6.45, 7) is 0. The van der Waals surface area contributed by atoms with Gasteiger partial charge in [-0.15, -0.1) is 0 Å². The normalized spacial score (nSPS) is 16.9. The van der Waals surface area contributed by atoms with Crippen LogP contribution in [0.3, 0.4) is 0 Å². The van der Waals surface area contributed by atoms with Crippen LogP contribution in [0, 0.1) is 0 Å². The molecule has 4 aliphatic rings. The van der Waals surface area contributed by atoms with Crippen LogP contribution in [-0.2, 0) is 5.41 Å². The molecular formula is C61H39N5O2. The van der Waals surface area contributed by atoms with Gasteiger partial charge in [-0.2, -0.15) is 0 Å². The second kappa shape index (κ2) is 14.1. The molecule has 320 valence electrons. The lowest BCUT2D eigenvalue weighted by Crippen LogP contribution is -2.45. The van der Waals surface area contributed by atoms with Gasteiger partial charge in [0.25, 0.3) is 0 Å². The number of hydrogen-bond donors (Lipinski definition) is 2. The van der Waals surface area contributed by atoms with Gasteiger partial charge in [0.05, 0.1) is 28.5 Å². The van der Waals surface area contributed by atoms with Crippen molar-refractivity contribution in [3.05, 3.63) is 251 Å². The summed E-state index contributed by atoms with van der Waals surface area (Å²) in [6.07, 6.45) is 1.32. The summed E-state index contributed by atoms with van der Waals surface area (Å²) in [4.78, 5) is 9.91. The molecule has 11 aromatic rings. The standard InChI is InChI=1S/C61H39N5O2/c1-2-14-36(15-3-1)58-63-59(37-28-31-39(32-29-37)66-49-24-9-5-17-42(49)57-50(66)35-62-57)65-60(64-58)43-19-13-27-54-56(43)44-34-38(30-33-51(44)67-54)40-18-12-23-48-55(40)41-16-4-6-20-45(41)61(48)46-21-7-10-25-52(46)68-53-26-11-8-22-47(53)61/h1-35,59-60,65H,(H,63,64). The number of ether oxygens (including phenoxy) is 1. The zero-order valence-corrected chi connectivity index (χ0v) is 36.5. The van der Waals surface area contributed by atoms with Gasteiger partial charge in [-0.1, -0.05) is 158 Å². The fraction of sp³-hybridized carbons (Fsp3) is 0.0492. The number of hydrogen-bond acceptors (Lipinski definition) is 6. The van der Waals surface area contributed by atoms with Crippen LogP contribution in [0.1, 0.15) is 57.0 Å². The number of amidine groups is 1. The van der Waals surface area contributed by atoms with Crippen LogP contribution in [0.2, 0.25) is 0 Å².